The molecule has 0 aliphatic carbocycles. The Hall–Kier alpha value is -1.42. The zero-order valence-electron chi connectivity index (χ0n) is 10.1. The normalized spacial score (nSPS) is 7.60. The van der Waals surface area contributed by atoms with Gasteiger partial charge in [0.25, 0.3) is 0 Å². The largest absolute Gasteiger partial charge is 0.465 e. The summed E-state index contributed by atoms with van der Waals surface area (Å²) in [6.07, 6.45) is 1.50. The van der Waals surface area contributed by atoms with E-state index in [0.717, 1.165) is 5.69 Å². The van der Waals surface area contributed by atoms with Crippen molar-refractivity contribution in [3.05, 3.63) is 29.6 Å². The average Bonchev–Trinajstić information content (AvgIpc) is 2.34. The van der Waals surface area contributed by atoms with Crippen LogP contribution in [0.4, 0.5) is 0 Å². The van der Waals surface area contributed by atoms with Crippen LogP contribution < -0.4 is 5.73 Å². The highest BCUT2D eigenvalue weighted by atomic mass is 16.5. The highest BCUT2D eigenvalue weighted by Crippen LogP contribution is 1.99. The van der Waals surface area contributed by atoms with Gasteiger partial charge >= 0.3 is 5.97 Å². The van der Waals surface area contributed by atoms with Crippen LogP contribution >= 0.6 is 0 Å². The van der Waals surface area contributed by atoms with Crippen LogP contribution in [-0.2, 0) is 4.74 Å². The Labute approximate surface area is 91.5 Å². The molecule has 0 unspecified atom stereocenters. The van der Waals surface area contributed by atoms with E-state index in [1.165, 1.54) is 20.4 Å². The minimum atomic E-state index is -0.350. The monoisotopic (exact) mass is 212 g/mol. The predicted octanol–water partition coefficient (Wildman–Crippen LogP) is 1.78. The summed E-state index contributed by atoms with van der Waals surface area (Å²) in [5, 5.41) is 0. The van der Waals surface area contributed by atoms with Gasteiger partial charge in [-0.15, -0.1) is 0 Å². The van der Waals surface area contributed by atoms with Gasteiger partial charge in [-0.3, -0.25) is 4.98 Å². The Morgan fingerprint density at radius 2 is 1.87 bits per heavy atom. The second-order valence-electron chi connectivity index (χ2n) is 2.18. The first-order valence-corrected chi connectivity index (χ1v) is 4.83. The van der Waals surface area contributed by atoms with Gasteiger partial charge < -0.3 is 10.5 Å². The Bertz CT molecular complexity index is 258. The molecule has 1 heterocycles. The lowest BCUT2D eigenvalue weighted by atomic mass is 10.2. The number of carbonyl (C=O) groups is 1. The summed E-state index contributed by atoms with van der Waals surface area (Å²) in [5.41, 5.74) is 5.87. The number of nitrogens with two attached hydrogens (primary N) is 1. The van der Waals surface area contributed by atoms with Crippen LogP contribution in [0.3, 0.4) is 0 Å². The number of methoxy groups -OCH3 is 1. The number of hydrogen-bond acceptors (Lipinski definition) is 4. The van der Waals surface area contributed by atoms with Crippen molar-refractivity contribution in [1.29, 1.82) is 0 Å². The highest BCUT2D eigenvalue weighted by Gasteiger charge is 2.02. The summed E-state index contributed by atoms with van der Waals surface area (Å²) in [4.78, 5) is 14.8. The molecule has 1 aromatic rings. The number of nitrogens with zero attached hydrogens (tertiary/aromatic N) is 1. The van der Waals surface area contributed by atoms with E-state index in [0.29, 0.717) is 5.56 Å². The molecule has 2 N–H and O–H groups in total. The Balaban J connectivity index is 0. The topological polar surface area (TPSA) is 65.2 Å². The van der Waals surface area contributed by atoms with E-state index in [4.69, 9.17) is 0 Å². The Morgan fingerprint density at radius 1 is 1.33 bits per heavy atom. The van der Waals surface area contributed by atoms with Crippen LogP contribution in [0, 0.1) is 6.92 Å². The molecular weight excluding hydrogens is 192 g/mol. The molecule has 0 atom stereocenters. The fourth-order valence-corrected chi connectivity index (χ4v) is 0.706. The van der Waals surface area contributed by atoms with Crippen molar-refractivity contribution in [3.8, 4) is 0 Å². The van der Waals surface area contributed by atoms with Gasteiger partial charge in [0.15, 0.2) is 0 Å². The van der Waals surface area contributed by atoms with Gasteiger partial charge in [0.05, 0.1) is 12.7 Å². The zero-order chi connectivity index (χ0) is 12.3. The molecule has 0 aromatic carbocycles. The predicted molar refractivity (Wildman–Crippen MR) is 61.8 cm³/mol. The molecule has 0 bridgehead atoms. The summed E-state index contributed by atoms with van der Waals surface area (Å²) in [7, 11) is 2.85. The Kier molecular flexibility index (Phi) is 11.4. The van der Waals surface area contributed by atoms with Crippen LogP contribution in [0.1, 0.15) is 29.9 Å². The molecule has 0 fully saturated rings. The number of hydrogen-bond donors (Lipinski definition) is 1. The summed E-state index contributed by atoms with van der Waals surface area (Å²) < 4.78 is 4.50. The van der Waals surface area contributed by atoms with Crippen molar-refractivity contribution in [2.45, 2.75) is 20.8 Å². The van der Waals surface area contributed by atoms with Crippen molar-refractivity contribution in [2.75, 3.05) is 14.2 Å². The van der Waals surface area contributed by atoms with Crippen LogP contribution in [0.15, 0.2) is 18.3 Å². The second-order valence-corrected chi connectivity index (χ2v) is 2.18. The zero-order valence-corrected chi connectivity index (χ0v) is 10.1. The molecule has 1 rings (SSSR count). The molecule has 86 valence electrons. The van der Waals surface area contributed by atoms with Gasteiger partial charge in [0.2, 0.25) is 0 Å². The van der Waals surface area contributed by atoms with E-state index in [1.54, 1.807) is 12.1 Å². The molecule has 0 saturated heterocycles. The third-order valence-electron chi connectivity index (χ3n) is 1.33. The first-order valence-electron chi connectivity index (χ1n) is 4.83. The molecule has 4 heteroatoms. The number of pyridine rings is 1. The molecule has 0 spiro atoms. The molecule has 15 heavy (non-hydrogen) atoms. The van der Waals surface area contributed by atoms with E-state index in [-0.39, 0.29) is 5.97 Å². The maximum absolute atomic E-state index is 10.9. The average molecular weight is 212 g/mol. The van der Waals surface area contributed by atoms with Crippen LogP contribution in [-0.4, -0.2) is 25.1 Å². The lowest BCUT2D eigenvalue weighted by molar-refractivity contribution is 0.0600. The lowest BCUT2D eigenvalue weighted by Gasteiger charge is -1.97. The van der Waals surface area contributed by atoms with Gasteiger partial charge in [-0.1, -0.05) is 13.8 Å². The number of esters is 1. The third kappa shape index (κ3) is 6.62. The number of rotatable bonds is 1. The summed E-state index contributed by atoms with van der Waals surface area (Å²) >= 11 is 0. The summed E-state index contributed by atoms with van der Waals surface area (Å²) in [6, 6.07) is 3.46. The van der Waals surface area contributed by atoms with Crippen molar-refractivity contribution >= 4 is 5.97 Å². The molecule has 4 nitrogen and oxygen atoms in total. The van der Waals surface area contributed by atoms with Gasteiger partial charge in [-0.2, -0.15) is 0 Å². The highest BCUT2D eigenvalue weighted by molar-refractivity contribution is 5.88. The minimum absolute atomic E-state index is 0.350. The van der Waals surface area contributed by atoms with E-state index in [1.807, 2.05) is 20.8 Å². The quantitative estimate of drug-likeness (QED) is 0.721. The lowest BCUT2D eigenvalue weighted by Crippen LogP contribution is -2.01. The smallest absolute Gasteiger partial charge is 0.339 e. The summed E-state index contributed by atoms with van der Waals surface area (Å²) in [5.74, 6) is -0.350. The summed E-state index contributed by atoms with van der Waals surface area (Å²) in [6.45, 7) is 5.86. The maximum Gasteiger partial charge on any atom is 0.339 e. The van der Waals surface area contributed by atoms with E-state index < -0.39 is 0 Å². The molecule has 1 aromatic heterocycles. The minimum Gasteiger partial charge on any atom is -0.465 e. The maximum atomic E-state index is 10.9. The Morgan fingerprint density at radius 3 is 2.20 bits per heavy atom. The fraction of sp³-hybridized carbons (Fsp3) is 0.455. The molecule has 0 aliphatic rings. The van der Waals surface area contributed by atoms with Gasteiger partial charge in [0.1, 0.15) is 0 Å². The van der Waals surface area contributed by atoms with E-state index >= 15 is 0 Å². The van der Waals surface area contributed by atoms with Gasteiger partial charge in [-0.05, 0) is 26.1 Å². The molecular formula is C11H20N2O2. The number of aryl methyl sites for hydroxylation is 1. The van der Waals surface area contributed by atoms with Crippen molar-refractivity contribution < 1.29 is 9.53 Å². The molecule has 0 saturated carbocycles. The molecule has 0 amide bonds. The number of ether oxygens (including phenoxy) is 1. The third-order valence-corrected chi connectivity index (χ3v) is 1.33. The van der Waals surface area contributed by atoms with Gasteiger partial charge in [0, 0.05) is 11.9 Å². The van der Waals surface area contributed by atoms with E-state index in [2.05, 4.69) is 15.5 Å². The first kappa shape index (κ1) is 16.0. The van der Waals surface area contributed by atoms with E-state index in [9.17, 15) is 4.79 Å². The van der Waals surface area contributed by atoms with Crippen molar-refractivity contribution in [1.82, 2.24) is 4.98 Å². The second kappa shape index (κ2) is 10.7. The molecule has 0 radical (unpaired) electrons. The van der Waals surface area contributed by atoms with Gasteiger partial charge in [-0.25, -0.2) is 4.79 Å². The van der Waals surface area contributed by atoms with Crippen LogP contribution in [0.2, 0.25) is 0 Å². The SMILES string of the molecule is CC.CN.COC(=O)c1ccc(C)nc1. The number of carbonyl (C=O) groups excluding carboxylic acids is 1. The fourth-order valence-electron chi connectivity index (χ4n) is 0.706. The van der Waals surface area contributed by atoms with Crippen molar-refractivity contribution in [3.63, 3.8) is 0 Å². The van der Waals surface area contributed by atoms with Crippen LogP contribution in [0.5, 0.6) is 0 Å². The molecule has 0 aliphatic heterocycles. The van der Waals surface area contributed by atoms with Crippen molar-refractivity contribution in [2.24, 2.45) is 5.73 Å². The first-order chi connectivity index (χ1) is 7.24. The standard InChI is InChI=1S/C8H9NO2.C2H6.CH5N/c1-6-3-4-7(5-9-6)8(10)11-2;2*1-2/h3-5H,1-2H3;1-2H3;2H2,1H3. The number of aromatic nitrogens is 1. The van der Waals surface area contributed by atoms with Crippen LogP contribution in [0.25, 0.3) is 0 Å².